The number of hydrogen-bond donors (Lipinski definition) is 2. The van der Waals surface area contributed by atoms with Crippen LogP contribution in [0.4, 0.5) is 20.5 Å². The number of anilines is 2. The van der Waals surface area contributed by atoms with Crippen LogP contribution in [-0.4, -0.2) is 55.1 Å². The zero-order chi connectivity index (χ0) is 26.4. The van der Waals surface area contributed by atoms with Gasteiger partial charge in [0, 0.05) is 55.2 Å². The van der Waals surface area contributed by atoms with E-state index in [1.54, 1.807) is 12.1 Å². The maximum atomic E-state index is 15.0. The Kier molecular flexibility index (Phi) is 6.53. The first-order valence-corrected chi connectivity index (χ1v) is 13.2. The Labute approximate surface area is 220 Å². The average molecular weight is 519 g/mol. The van der Waals surface area contributed by atoms with E-state index in [1.165, 1.54) is 18.9 Å². The zero-order valence-electron chi connectivity index (χ0n) is 21.9. The molecule has 3 aromatic heterocycles. The molecule has 0 bridgehead atoms. The molecule has 0 saturated carbocycles. The molecular weight excluding hydrogens is 486 g/mol. The molecule has 6 rings (SSSR count). The fourth-order valence-electron chi connectivity index (χ4n) is 5.94. The number of piperidine rings is 1. The Morgan fingerprint density at radius 3 is 2.63 bits per heavy atom. The van der Waals surface area contributed by atoms with Gasteiger partial charge in [-0.2, -0.15) is 0 Å². The number of hydrogen-bond acceptors (Lipinski definition) is 7. The number of nitrogens with one attached hydrogen (secondary N) is 2. The molecule has 2 fully saturated rings. The van der Waals surface area contributed by atoms with Gasteiger partial charge < -0.3 is 15.2 Å². The standard InChI is InChI=1S/C28H32F2N8/c1-16(2)38-17(3)35-27-22(29)7-20(8-25(27)38)21-9-26(32-12-23(21)30)36-28-33-10-18(11-34-28)13-37-14-19-5-4-6-31-24(19)15-37/h7-12,16,19,24,31H,4-6,13-15H2,1-3H3,(H,32,33,34,36)/t19-,24+/m1/s1. The molecule has 2 atom stereocenters. The smallest absolute Gasteiger partial charge is 0.228 e. The fourth-order valence-corrected chi connectivity index (χ4v) is 5.94. The molecule has 2 aliphatic heterocycles. The Bertz CT molecular complexity index is 1450. The van der Waals surface area contributed by atoms with Gasteiger partial charge in [0.05, 0.1) is 11.7 Å². The van der Waals surface area contributed by atoms with Crippen molar-refractivity contribution in [3.63, 3.8) is 0 Å². The Morgan fingerprint density at radius 2 is 1.87 bits per heavy atom. The minimum absolute atomic E-state index is 0.0838. The predicted octanol–water partition coefficient (Wildman–Crippen LogP) is 4.98. The maximum Gasteiger partial charge on any atom is 0.228 e. The van der Waals surface area contributed by atoms with Gasteiger partial charge in [-0.15, -0.1) is 0 Å². The van der Waals surface area contributed by atoms with Crippen molar-refractivity contribution in [2.75, 3.05) is 25.0 Å². The topological polar surface area (TPSA) is 83.8 Å². The molecule has 2 aliphatic rings. The summed E-state index contributed by atoms with van der Waals surface area (Å²) in [5.74, 6) is 1.15. The minimum Gasteiger partial charge on any atom is -0.326 e. The van der Waals surface area contributed by atoms with Crippen molar-refractivity contribution in [2.24, 2.45) is 5.92 Å². The van der Waals surface area contributed by atoms with Crippen molar-refractivity contribution in [3.8, 4) is 11.1 Å². The summed E-state index contributed by atoms with van der Waals surface area (Å²) < 4.78 is 31.8. The summed E-state index contributed by atoms with van der Waals surface area (Å²) in [6, 6.07) is 5.32. The van der Waals surface area contributed by atoms with Crippen molar-refractivity contribution >= 4 is 22.8 Å². The summed E-state index contributed by atoms with van der Waals surface area (Å²) in [5, 5.41) is 6.69. The van der Waals surface area contributed by atoms with Gasteiger partial charge in [-0.3, -0.25) is 4.90 Å². The van der Waals surface area contributed by atoms with Gasteiger partial charge in [0.25, 0.3) is 0 Å². The van der Waals surface area contributed by atoms with Crippen molar-refractivity contribution in [2.45, 2.75) is 52.2 Å². The molecule has 198 valence electrons. The van der Waals surface area contributed by atoms with Crippen LogP contribution in [0, 0.1) is 24.5 Å². The van der Waals surface area contributed by atoms with Crippen LogP contribution in [0.5, 0.6) is 0 Å². The number of imidazole rings is 1. The monoisotopic (exact) mass is 518 g/mol. The number of pyridine rings is 1. The number of benzene rings is 1. The van der Waals surface area contributed by atoms with Crippen LogP contribution < -0.4 is 10.6 Å². The van der Waals surface area contributed by atoms with Gasteiger partial charge >= 0.3 is 0 Å². The lowest BCUT2D eigenvalue weighted by molar-refractivity contribution is 0.312. The summed E-state index contributed by atoms with van der Waals surface area (Å²) in [4.78, 5) is 19.9. The Hall–Kier alpha value is -3.50. The second-order valence-corrected chi connectivity index (χ2v) is 10.7. The van der Waals surface area contributed by atoms with E-state index in [0.717, 1.165) is 43.9 Å². The molecule has 1 aromatic carbocycles. The lowest BCUT2D eigenvalue weighted by Gasteiger charge is -2.24. The van der Waals surface area contributed by atoms with E-state index in [2.05, 4.69) is 35.5 Å². The fraction of sp³-hybridized carbons (Fsp3) is 0.429. The second kappa shape index (κ2) is 9.99. The lowest BCUT2D eigenvalue weighted by Crippen LogP contribution is -2.40. The number of fused-ring (bicyclic) bond motifs is 2. The normalized spacial score (nSPS) is 19.8. The van der Waals surface area contributed by atoms with Gasteiger partial charge in [-0.1, -0.05) is 0 Å². The van der Waals surface area contributed by atoms with E-state index >= 15 is 0 Å². The van der Waals surface area contributed by atoms with E-state index < -0.39 is 11.6 Å². The molecule has 38 heavy (non-hydrogen) atoms. The second-order valence-electron chi connectivity index (χ2n) is 10.7. The van der Waals surface area contributed by atoms with Crippen LogP contribution in [0.1, 0.15) is 44.1 Å². The molecule has 2 saturated heterocycles. The highest BCUT2D eigenvalue weighted by Gasteiger charge is 2.34. The van der Waals surface area contributed by atoms with Crippen molar-refractivity contribution in [1.82, 2.24) is 34.7 Å². The van der Waals surface area contributed by atoms with E-state index in [9.17, 15) is 8.78 Å². The van der Waals surface area contributed by atoms with Gasteiger partial charge in [0.15, 0.2) is 5.82 Å². The van der Waals surface area contributed by atoms with Gasteiger partial charge in [0.2, 0.25) is 5.95 Å². The van der Waals surface area contributed by atoms with Crippen LogP contribution in [0.15, 0.2) is 36.8 Å². The zero-order valence-corrected chi connectivity index (χ0v) is 21.9. The van der Waals surface area contributed by atoms with Crippen molar-refractivity contribution in [1.29, 1.82) is 0 Å². The van der Waals surface area contributed by atoms with E-state index in [1.807, 2.05) is 37.7 Å². The van der Waals surface area contributed by atoms with Gasteiger partial charge in [0.1, 0.15) is 23.0 Å². The van der Waals surface area contributed by atoms with Crippen LogP contribution in [0.3, 0.4) is 0 Å². The number of nitrogens with zero attached hydrogens (tertiary/aromatic N) is 6. The van der Waals surface area contributed by atoms with Gasteiger partial charge in [-0.05, 0) is 69.8 Å². The van der Waals surface area contributed by atoms with Crippen molar-refractivity contribution < 1.29 is 8.78 Å². The number of aryl methyl sites for hydroxylation is 1. The SMILES string of the molecule is Cc1nc2c(F)cc(-c3cc(Nc4ncc(CN5C[C@H]6CCCN[C@H]6C5)cn4)ncc3F)cc2n1C(C)C. The average Bonchev–Trinajstić information content (AvgIpc) is 3.46. The Morgan fingerprint density at radius 1 is 1.05 bits per heavy atom. The summed E-state index contributed by atoms with van der Waals surface area (Å²) in [7, 11) is 0. The molecule has 2 N–H and O–H groups in total. The first-order valence-electron chi connectivity index (χ1n) is 13.2. The summed E-state index contributed by atoms with van der Waals surface area (Å²) in [6.07, 6.45) is 7.30. The van der Waals surface area contributed by atoms with Crippen molar-refractivity contribution in [3.05, 3.63) is 59.8 Å². The molecule has 0 aliphatic carbocycles. The largest absolute Gasteiger partial charge is 0.326 e. The highest BCUT2D eigenvalue weighted by molar-refractivity contribution is 5.84. The first-order chi connectivity index (χ1) is 18.4. The molecule has 4 aromatic rings. The van der Waals surface area contributed by atoms with E-state index in [-0.39, 0.29) is 17.1 Å². The molecule has 10 heteroatoms. The van der Waals surface area contributed by atoms with Gasteiger partial charge in [-0.25, -0.2) is 28.7 Å². The number of rotatable bonds is 6. The predicted molar refractivity (Wildman–Crippen MR) is 143 cm³/mol. The molecule has 0 spiro atoms. The van der Waals surface area contributed by atoms with Crippen LogP contribution >= 0.6 is 0 Å². The highest BCUT2D eigenvalue weighted by Crippen LogP contribution is 2.32. The van der Waals surface area contributed by atoms with E-state index in [0.29, 0.717) is 34.7 Å². The molecule has 0 radical (unpaired) electrons. The summed E-state index contributed by atoms with van der Waals surface area (Å²) >= 11 is 0. The number of aromatic nitrogens is 5. The summed E-state index contributed by atoms with van der Waals surface area (Å²) in [6.45, 7) is 9.94. The van der Waals surface area contributed by atoms with Crippen LogP contribution in [0.2, 0.25) is 0 Å². The maximum absolute atomic E-state index is 15.0. The van der Waals surface area contributed by atoms with E-state index in [4.69, 9.17) is 0 Å². The molecular formula is C28H32F2N8. The third-order valence-corrected chi connectivity index (χ3v) is 7.63. The van der Waals surface area contributed by atoms with Crippen LogP contribution in [0.25, 0.3) is 22.2 Å². The highest BCUT2D eigenvalue weighted by atomic mass is 19.1. The quantitative estimate of drug-likeness (QED) is 0.372. The van der Waals surface area contributed by atoms with Crippen LogP contribution in [-0.2, 0) is 6.54 Å². The number of likely N-dealkylation sites (tertiary alicyclic amines) is 1. The Balaban J connectivity index is 1.20. The molecule has 0 unspecified atom stereocenters. The molecule has 0 amide bonds. The lowest BCUT2D eigenvalue weighted by atomic mass is 9.94. The molecule has 8 nitrogen and oxygen atoms in total. The number of halogens is 2. The third kappa shape index (κ3) is 4.74. The summed E-state index contributed by atoms with van der Waals surface area (Å²) in [5.41, 5.74) is 2.60. The third-order valence-electron chi connectivity index (χ3n) is 7.63. The minimum atomic E-state index is -0.543. The first kappa shape index (κ1) is 24.8. The molecule has 5 heterocycles.